The SMILES string of the molecule is COc1cc(N2CCCS2(=O)=O)ccc1NC(=O)c1ccc(Cl)c(Cl)c1. The largest absolute Gasteiger partial charge is 0.494 e. The molecule has 0 aliphatic carbocycles. The van der Waals surface area contributed by atoms with Crippen LogP contribution >= 0.6 is 23.2 Å². The van der Waals surface area contributed by atoms with Gasteiger partial charge < -0.3 is 10.1 Å². The first kappa shape index (κ1) is 18.8. The molecule has 1 N–H and O–H groups in total. The monoisotopic (exact) mass is 414 g/mol. The number of sulfonamides is 1. The van der Waals surface area contributed by atoms with E-state index in [1.54, 1.807) is 24.3 Å². The Morgan fingerprint density at radius 2 is 1.92 bits per heavy atom. The number of anilines is 2. The zero-order valence-electron chi connectivity index (χ0n) is 13.8. The van der Waals surface area contributed by atoms with Gasteiger partial charge in [-0.15, -0.1) is 0 Å². The molecule has 3 rings (SSSR count). The maximum absolute atomic E-state index is 12.4. The van der Waals surface area contributed by atoms with Crippen LogP contribution < -0.4 is 14.4 Å². The number of nitrogens with one attached hydrogen (secondary N) is 1. The Labute approximate surface area is 161 Å². The second-order valence-electron chi connectivity index (χ2n) is 5.71. The summed E-state index contributed by atoms with van der Waals surface area (Å²) in [5, 5.41) is 3.37. The van der Waals surface area contributed by atoms with E-state index in [-0.39, 0.29) is 16.7 Å². The van der Waals surface area contributed by atoms with Crippen LogP contribution in [0.25, 0.3) is 0 Å². The van der Waals surface area contributed by atoms with Gasteiger partial charge in [-0.1, -0.05) is 23.2 Å². The molecule has 0 bridgehead atoms. The van der Waals surface area contributed by atoms with Crippen molar-refractivity contribution < 1.29 is 17.9 Å². The molecule has 2 aromatic carbocycles. The van der Waals surface area contributed by atoms with Gasteiger partial charge in [0.25, 0.3) is 5.91 Å². The van der Waals surface area contributed by atoms with Crippen LogP contribution in [0, 0.1) is 0 Å². The van der Waals surface area contributed by atoms with Gasteiger partial charge in [0, 0.05) is 18.2 Å². The predicted molar refractivity (Wildman–Crippen MR) is 103 cm³/mol. The number of methoxy groups -OCH3 is 1. The minimum absolute atomic E-state index is 0.130. The van der Waals surface area contributed by atoms with E-state index in [0.29, 0.717) is 40.7 Å². The Morgan fingerprint density at radius 1 is 1.15 bits per heavy atom. The van der Waals surface area contributed by atoms with Gasteiger partial charge in [-0.2, -0.15) is 0 Å². The molecule has 1 aliphatic rings. The lowest BCUT2D eigenvalue weighted by molar-refractivity contribution is 0.102. The standard InChI is InChI=1S/C17H16Cl2N2O4S/c1-25-16-10-12(21-7-2-8-26(21,23)24)4-6-15(16)20-17(22)11-3-5-13(18)14(19)9-11/h3-6,9-10H,2,7-8H2,1H3,(H,20,22). The summed E-state index contributed by atoms with van der Waals surface area (Å²) in [6.07, 6.45) is 0.584. The van der Waals surface area contributed by atoms with E-state index in [1.807, 2.05) is 0 Å². The molecule has 9 heteroatoms. The first-order valence-corrected chi connectivity index (χ1v) is 10.1. The average molecular weight is 415 g/mol. The van der Waals surface area contributed by atoms with Crippen LogP contribution in [0.4, 0.5) is 11.4 Å². The van der Waals surface area contributed by atoms with Crippen LogP contribution in [-0.2, 0) is 10.0 Å². The molecule has 2 aromatic rings. The number of benzene rings is 2. The van der Waals surface area contributed by atoms with Gasteiger partial charge in [0.05, 0.1) is 34.3 Å². The molecule has 1 fully saturated rings. The van der Waals surface area contributed by atoms with Gasteiger partial charge in [-0.25, -0.2) is 8.42 Å². The van der Waals surface area contributed by atoms with Crippen molar-refractivity contribution in [1.29, 1.82) is 0 Å². The van der Waals surface area contributed by atoms with Crippen molar-refractivity contribution in [3.63, 3.8) is 0 Å². The number of nitrogens with zero attached hydrogens (tertiary/aromatic N) is 1. The fraction of sp³-hybridized carbons (Fsp3) is 0.235. The van der Waals surface area contributed by atoms with Crippen LogP contribution in [0.1, 0.15) is 16.8 Å². The van der Waals surface area contributed by atoms with E-state index in [4.69, 9.17) is 27.9 Å². The molecule has 0 unspecified atom stereocenters. The molecular weight excluding hydrogens is 399 g/mol. The zero-order valence-corrected chi connectivity index (χ0v) is 16.2. The van der Waals surface area contributed by atoms with E-state index < -0.39 is 10.0 Å². The Bertz CT molecular complexity index is 963. The fourth-order valence-electron chi connectivity index (χ4n) is 2.70. The van der Waals surface area contributed by atoms with Crippen molar-refractivity contribution in [2.75, 3.05) is 29.0 Å². The maximum atomic E-state index is 12.4. The van der Waals surface area contributed by atoms with E-state index in [9.17, 15) is 13.2 Å². The third-order valence-electron chi connectivity index (χ3n) is 4.00. The number of ether oxygens (including phenoxy) is 1. The molecule has 26 heavy (non-hydrogen) atoms. The summed E-state index contributed by atoms with van der Waals surface area (Å²) in [6.45, 7) is 0.431. The number of halogens is 2. The summed E-state index contributed by atoms with van der Waals surface area (Å²) >= 11 is 11.8. The summed E-state index contributed by atoms with van der Waals surface area (Å²) in [5.74, 6) is 0.104. The summed E-state index contributed by atoms with van der Waals surface area (Å²) in [5.41, 5.74) is 1.27. The van der Waals surface area contributed by atoms with Crippen LogP contribution in [0.2, 0.25) is 10.0 Å². The van der Waals surface area contributed by atoms with E-state index in [0.717, 1.165) is 0 Å². The van der Waals surface area contributed by atoms with Gasteiger partial charge in [0.15, 0.2) is 0 Å². The third kappa shape index (κ3) is 3.75. The Kier molecular flexibility index (Phi) is 5.32. The summed E-state index contributed by atoms with van der Waals surface area (Å²) in [7, 11) is -1.84. The Morgan fingerprint density at radius 3 is 2.54 bits per heavy atom. The summed E-state index contributed by atoms with van der Waals surface area (Å²) in [6, 6.07) is 9.40. The number of carbonyl (C=O) groups is 1. The van der Waals surface area contributed by atoms with Crippen molar-refractivity contribution in [3.05, 3.63) is 52.0 Å². The second kappa shape index (κ2) is 7.34. The second-order valence-corrected chi connectivity index (χ2v) is 8.54. The summed E-state index contributed by atoms with van der Waals surface area (Å²) < 4.78 is 30.8. The van der Waals surface area contributed by atoms with Gasteiger partial charge in [0.1, 0.15) is 5.75 Å². The van der Waals surface area contributed by atoms with Crippen LogP contribution in [0.3, 0.4) is 0 Å². The van der Waals surface area contributed by atoms with Crippen molar-refractivity contribution >= 4 is 50.5 Å². The smallest absolute Gasteiger partial charge is 0.255 e. The summed E-state index contributed by atoms with van der Waals surface area (Å²) in [4.78, 5) is 12.4. The van der Waals surface area contributed by atoms with Gasteiger partial charge >= 0.3 is 0 Å². The van der Waals surface area contributed by atoms with E-state index >= 15 is 0 Å². The van der Waals surface area contributed by atoms with Crippen LogP contribution in [0.15, 0.2) is 36.4 Å². The molecule has 0 saturated carbocycles. The lowest BCUT2D eigenvalue weighted by Gasteiger charge is -2.19. The average Bonchev–Trinajstić information content (AvgIpc) is 2.96. The number of amides is 1. The highest BCUT2D eigenvalue weighted by Gasteiger charge is 2.29. The highest BCUT2D eigenvalue weighted by atomic mass is 35.5. The molecule has 0 spiro atoms. The lowest BCUT2D eigenvalue weighted by Crippen LogP contribution is -2.25. The zero-order chi connectivity index (χ0) is 18.9. The molecule has 1 heterocycles. The van der Waals surface area contributed by atoms with Crippen LogP contribution in [-0.4, -0.2) is 33.7 Å². The molecule has 1 saturated heterocycles. The highest BCUT2D eigenvalue weighted by molar-refractivity contribution is 7.93. The topological polar surface area (TPSA) is 75.7 Å². The number of carbonyl (C=O) groups excluding carboxylic acids is 1. The van der Waals surface area contributed by atoms with Gasteiger partial charge in [0.2, 0.25) is 10.0 Å². The molecule has 6 nitrogen and oxygen atoms in total. The Balaban J connectivity index is 1.86. The first-order chi connectivity index (χ1) is 12.3. The molecule has 0 radical (unpaired) electrons. The highest BCUT2D eigenvalue weighted by Crippen LogP contribution is 2.33. The number of hydrogen-bond donors (Lipinski definition) is 1. The van der Waals surface area contributed by atoms with Gasteiger partial charge in [-0.05, 0) is 36.8 Å². The van der Waals surface area contributed by atoms with Gasteiger partial charge in [-0.3, -0.25) is 9.10 Å². The third-order valence-corrected chi connectivity index (χ3v) is 6.61. The van der Waals surface area contributed by atoms with Crippen LogP contribution in [0.5, 0.6) is 5.75 Å². The quantitative estimate of drug-likeness (QED) is 0.825. The van der Waals surface area contributed by atoms with Crippen molar-refractivity contribution in [3.8, 4) is 5.75 Å². The minimum Gasteiger partial charge on any atom is -0.494 e. The van der Waals surface area contributed by atoms with Crippen molar-refractivity contribution in [2.24, 2.45) is 0 Å². The Hall–Kier alpha value is -1.96. The van der Waals surface area contributed by atoms with E-state index in [2.05, 4.69) is 5.32 Å². The van der Waals surface area contributed by atoms with Crippen molar-refractivity contribution in [2.45, 2.75) is 6.42 Å². The molecule has 0 aromatic heterocycles. The van der Waals surface area contributed by atoms with Crippen molar-refractivity contribution in [1.82, 2.24) is 0 Å². The predicted octanol–water partition coefficient (Wildman–Crippen LogP) is 3.79. The molecular formula is C17H16Cl2N2O4S. The molecule has 1 amide bonds. The van der Waals surface area contributed by atoms with E-state index in [1.165, 1.54) is 23.5 Å². The maximum Gasteiger partial charge on any atom is 0.255 e. The number of rotatable bonds is 4. The molecule has 0 atom stereocenters. The molecule has 1 aliphatic heterocycles. The lowest BCUT2D eigenvalue weighted by atomic mass is 10.2. The fourth-order valence-corrected chi connectivity index (χ4v) is 4.55. The molecule has 138 valence electrons. The first-order valence-electron chi connectivity index (χ1n) is 7.76. The minimum atomic E-state index is -3.29. The normalized spacial score (nSPS) is 15.7. The number of hydrogen-bond acceptors (Lipinski definition) is 4.